The Morgan fingerprint density at radius 2 is 1.02 bits per heavy atom. The zero-order valence-electron chi connectivity index (χ0n) is 29.4. The van der Waals surface area contributed by atoms with E-state index in [4.69, 9.17) is 4.74 Å². The van der Waals surface area contributed by atoms with Crippen molar-refractivity contribution < 1.29 is 35.1 Å². The molecule has 46 heavy (non-hydrogen) atoms. The van der Waals surface area contributed by atoms with Crippen LogP contribution in [0.3, 0.4) is 0 Å². The van der Waals surface area contributed by atoms with Gasteiger partial charge in [0.1, 0.15) is 12.2 Å². The van der Waals surface area contributed by atoms with Crippen molar-refractivity contribution in [2.24, 2.45) is 0 Å². The summed E-state index contributed by atoms with van der Waals surface area (Å²) in [4.78, 5) is 11.3. The Morgan fingerprint density at radius 1 is 0.609 bits per heavy atom. The van der Waals surface area contributed by atoms with Crippen LogP contribution >= 0.6 is 0 Å². The second-order valence-corrected chi connectivity index (χ2v) is 13.9. The number of ether oxygens (including phenoxy) is 1. The van der Waals surface area contributed by atoms with Gasteiger partial charge in [-0.05, 0) is 57.4 Å². The zero-order valence-corrected chi connectivity index (χ0v) is 29.4. The van der Waals surface area contributed by atoms with Crippen molar-refractivity contribution in [3.8, 4) is 0 Å². The summed E-state index contributed by atoms with van der Waals surface area (Å²) in [6, 6.07) is 0. The first-order valence-electron chi connectivity index (χ1n) is 19.3. The average Bonchev–Trinajstić information content (AvgIpc) is 3.00. The van der Waals surface area contributed by atoms with Gasteiger partial charge in [0.2, 0.25) is 0 Å². The molecule has 0 bridgehead atoms. The second kappa shape index (κ2) is 29.9. The van der Waals surface area contributed by atoms with E-state index in [1.54, 1.807) is 0 Å². The third kappa shape index (κ3) is 25.8. The minimum atomic E-state index is -0.985. The van der Waals surface area contributed by atoms with Gasteiger partial charge in [0.15, 0.2) is 0 Å². The van der Waals surface area contributed by atoms with Gasteiger partial charge in [-0.1, -0.05) is 135 Å². The fourth-order valence-corrected chi connectivity index (χ4v) is 6.41. The van der Waals surface area contributed by atoms with Crippen LogP contribution in [-0.4, -0.2) is 68.1 Å². The lowest BCUT2D eigenvalue weighted by molar-refractivity contribution is -0.151. The van der Waals surface area contributed by atoms with Crippen LogP contribution in [-0.2, 0) is 9.53 Å². The molecule has 0 aromatic heterocycles. The predicted octanol–water partition coefficient (Wildman–Crippen LogP) is 8.38. The number of hydrogen-bond acceptors (Lipinski definition) is 7. The second-order valence-electron chi connectivity index (χ2n) is 13.9. The zero-order chi connectivity index (χ0) is 33.7. The number of aliphatic hydroxyl groups is 5. The molecule has 5 N–H and O–H groups in total. The molecule has 7 nitrogen and oxygen atoms in total. The normalized spacial score (nSPS) is 19.4. The molecule has 7 heteroatoms. The van der Waals surface area contributed by atoms with Gasteiger partial charge in [-0.2, -0.15) is 0 Å². The van der Waals surface area contributed by atoms with Crippen LogP contribution in [0.1, 0.15) is 180 Å². The number of allylic oxidation sites excluding steroid dienone is 2. The highest BCUT2D eigenvalue weighted by molar-refractivity contribution is 5.83. The van der Waals surface area contributed by atoms with E-state index in [9.17, 15) is 30.3 Å². The van der Waals surface area contributed by atoms with Gasteiger partial charge in [-0.15, -0.1) is 0 Å². The Balaban J connectivity index is 1.85. The summed E-state index contributed by atoms with van der Waals surface area (Å²) in [6.07, 6.45) is 31.8. The summed E-state index contributed by atoms with van der Waals surface area (Å²) < 4.78 is 5.01. The number of esters is 1. The van der Waals surface area contributed by atoms with Gasteiger partial charge in [0.05, 0.1) is 24.4 Å². The molecular weight excluding hydrogens is 580 g/mol. The molecule has 0 fully saturated rings. The van der Waals surface area contributed by atoms with Crippen molar-refractivity contribution in [3.05, 3.63) is 24.3 Å². The van der Waals surface area contributed by atoms with Crippen LogP contribution in [0.4, 0.5) is 0 Å². The molecular formula is C39H72O7. The maximum Gasteiger partial charge on any atom is 0.330 e. The first-order chi connectivity index (χ1) is 22.3. The highest BCUT2D eigenvalue weighted by Crippen LogP contribution is 2.20. The SMILES string of the molecule is CCCCCCCCCCCC/C=C\CCCCCCCCCCCC[C@@H](O)C[C@H](O)C[C@H](O)C[C@H](O)C[C@@H]1OC(=O)C=C[C@@H]1O. The third-order valence-electron chi connectivity index (χ3n) is 9.26. The van der Waals surface area contributed by atoms with Crippen molar-refractivity contribution in [2.75, 3.05) is 0 Å². The number of carbonyl (C=O) groups is 1. The van der Waals surface area contributed by atoms with Gasteiger partial charge in [0, 0.05) is 12.5 Å². The summed E-state index contributed by atoms with van der Waals surface area (Å²) in [5.41, 5.74) is 0. The highest BCUT2D eigenvalue weighted by atomic mass is 16.6. The maximum atomic E-state index is 11.3. The summed E-state index contributed by atoms with van der Waals surface area (Å²) in [5, 5.41) is 50.8. The molecule has 0 spiro atoms. The molecule has 0 unspecified atom stereocenters. The van der Waals surface area contributed by atoms with Gasteiger partial charge in [-0.25, -0.2) is 4.79 Å². The van der Waals surface area contributed by atoms with Gasteiger partial charge < -0.3 is 30.3 Å². The molecule has 0 aromatic rings. The molecule has 0 aromatic carbocycles. The van der Waals surface area contributed by atoms with Crippen LogP contribution in [0.25, 0.3) is 0 Å². The molecule has 0 saturated carbocycles. The summed E-state index contributed by atoms with van der Waals surface area (Å²) in [6.45, 7) is 2.28. The number of rotatable bonds is 32. The third-order valence-corrected chi connectivity index (χ3v) is 9.26. The van der Waals surface area contributed by atoms with E-state index in [0.717, 1.165) is 18.9 Å². The van der Waals surface area contributed by atoms with Gasteiger partial charge >= 0.3 is 5.97 Å². The highest BCUT2D eigenvalue weighted by Gasteiger charge is 2.28. The number of carbonyl (C=O) groups excluding carboxylic acids is 1. The molecule has 6 atom stereocenters. The molecule has 1 rings (SSSR count). The Hall–Kier alpha value is -1.25. The van der Waals surface area contributed by atoms with Crippen molar-refractivity contribution in [3.63, 3.8) is 0 Å². The Bertz CT molecular complexity index is 755. The lowest BCUT2D eigenvalue weighted by Crippen LogP contribution is -2.37. The van der Waals surface area contributed by atoms with Crippen molar-refractivity contribution >= 4 is 5.97 Å². The van der Waals surface area contributed by atoms with Crippen LogP contribution in [0.2, 0.25) is 0 Å². The van der Waals surface area contributed by atoms with E-state index in [2.05, 4.69) is 19.1 Å². The molecule has 1 aliphatic heterocycles. The quantitative estimate of drug-likeness (QED) is 0.0281. The fraction of sp³-hybridized carbons (Fsp3) is 0.872. The minimum Gasteiger partial charge on any atom is -0.456 e. The summed E-state index contributed by atoms with van der Waals surface area (Å²) in [5.74, 6) is -0.568. The standard InChI is InChI=1S/C39H72O7/c1-2-3-4-5-6-7-8-9-10-11-12-13-14-15-16-17-18-19-20-21-22-23-24-25-26-33(40)29-34(41)30-35(42)31-36(43)32-38-37(44)27-28-39(45)46-38/h13-14,27-28,33-38,40-44H,2-12,15-26,29-32H2,1H3/b14-13-/t33-,34+,35+,36+,37+,38+/m1/s1. The first kappa shape index (κ1) is 42.8. The average molecular weight is 653 g/mol. The smallest absolute Gasteiger partial charge is 0.330 e. The number of unbranched alkanes of at least 4 members (excludes halogenated alkanes) is 20. The van der Waals surface area contributed by atoms with E-state index < -0.39 is 42.6 Å². The van der Waals surface area contributed by atoms with E-state index in [1.807, 2.05) is 0 Å². The van der Waals surface area contributed by atoms with Crippen molar-refractivity contribution in [2.45, 2.75) is 217 Å². The number of aliphatic hydroxyl groups excluding tert-OH is 5. The lowest BCUT2D eigenvalue weighted by atomic mass is 9.96. The predicted molar refractivity (Wildman–Crippen MR) is 189 cm³/mol. The summed E-state index contributed by atoms with van der Waals surface area (Å²) >= 11 is 0. The molecule has 270 valence electrons. The van der Waals surface area contributed by atoms with E-state index in [1.165, 1.54) is 134 Å². The lowest BCUT2D eigenvalue weighted by Gasteiger charge is -2.27. The van der Waals surface area contributed by atoms with Crippen molar-refractivity contribution in [1.82, 2.24) is 0 Å². The van der Waals surface area contributed by atoms with Crippen LogP contribution in [0.15, 0.2) is 24.3 Å². The maximum absolute atomic E-state index is 11.3. The van der Waals surface area contributed by atoms with E-state index in [-0.39, 0.29) is 25.7 Å². The van der Waals surface area contributed by atoms with E-state index >= 15 is 0 Å². The summed E-state index contributed by atoms with van der Waals surface area (Å²) in [7, 11) is 0. The minimum absolute atomic E-state index is 0.00437. The Kier molecular flexibility index (Phi) is 27.8. The monoisotopic (exact) mass is 653 g/mol. The fourth-order valence-electron chi connectivity index (χ4n) is 6.41. The van der Waals surface area contributed by atoms with Crippen molar-refractivity contribution in [1.29, 1.82) is 0 Å². The Morgan fingerprint density at radius 3 is 1.52 bits per heavy atom. The van der Waals surface area contributed by atoms with Crippen LogP contribution in [0.5, 0.6) is 0 Å². The molecule has 0 saturated heterocycles. The molecule has 0 radical (unpaired) electrons. The topological polar surface area (TPSA) is 127 Å². The largest absolute Gasteiger partial charge is 0.456 e. The van der Waals surface area contributed by atoms with Gasteiger partial charge in [0.25, 0.3) is 0 Å². The Labute approximate surface area is 281 Å². The van der Waals surface area contributed by atoms with Crippen LogP contribution in [0, 0.1) is 0 Å². The molecule has 1 heterocycles. The number of hydrogen-bond donors (Lipinski definition) is 5. The van der Waals surface area contributed by atoms with E-state index in [0.29, 0.717) is 6.42 Å². The molecule has 0 aliphatic carbocycles. The molecule has 0 amide bonds. The van der Waals surface area contributed by atoms with Crippen LogP contribution < -0.4 is 0 Å². The van der Waals surface area contributed by atoms with Gasteiger partial charge in [-0.3, -0.25) is 0 Å². The number of cyclic esters (lactones) is 1. The first-order valence-corrected chi connectivity index (χ1v) is 19.3. The molecule has 1 aliphatic rings.